The molecule has 1 atom stereocenters. The number of nitrogens with one attached hydrogen (secondary N) is 1. The first-order valence-corrected chi connectivity index (χ1v) is 7.65. The van der Waals surface area contributed by atoms with Gasteiger partial charge in [0.15, 0.2) is 0 Å². The van der Waals surface area contributed by atoms with E-state index in [0.717, 1.165) is 11.3 Å². The Morgan fingerprint density at radius 2 is 1.62 bits per heavy atom. The average molecular weight is 282 g/mol. The molecule has 0 amide bonds. The second-order valence-corrected chi connectivity index (χ2v) is 5.55. The molecule has 0 aliphatic carbocycles. The van der Waals surface area contributed by atoms with Gasteiger partial charge in [-0.15, -0.1) is 0 Å². The van der Waals surface area contributed by atoms with Crippen LogP contribution in [0.15, 0.2) is 54.6 Å². The molecule has 2 aromatic rings. The van der Waals surface area contributed by atoms with Gasteiger partial charge in [-0.2, -0.15) is 0 Å². The number of aliphatic hydroxyl groups excluding tert-OH is 1. The van der Waals surface area contributed by atoms with Crippen LogP contribution in [0.4, 0.5) is 11.4 Å². The molecule has 3 rings (SSSR count). The van der Waals surface area contributed by atoms with Crippen LogP contribution in [0.3, 0.4) is 0 Å². The van der Waals surface area contributed by atoms with Crippen molar-refractivity contribution in [2.45, 2.75) is 18.9 Å². The second kappa shape index (κ2) is 6.64. The molecule has 110 valence electrons. The highest BCUT2D eigenvalue weighted by molar-refractivity contribution is 5.55. The standard InChI is InChI=1S/C18H22N2O/c21-18(15-6-2-1-3-7-15)14-19-16-8-10-17(11-9-16)20-12-4-5-13-20/h1-3,6-11,18-19,21H,4-5,12-14H2. The van der Waals surface area contributed by atoms with Crippen LogP contribution in [0.5, 0.6) is 0 Å². The van der Waals surface area contributed by atoms with Crippen LogP contribution in [0.25, 0.3) is 0 Å². The van der Waals surface area contributed by atoms with E-state index in [-0.39, 0.29) is 0 Å². The zero-order valence-electron chi connectivity index (χ0n) is 12.2. The Balaban J connectivity index is 1.55. The van der Waals surface area contributed by atoms with Crippen molar-refractivity contribution >= 4 is 11.4 Å². The van der Waals surface area contributed by atoms with E-state index in [9.17, 15) is 5.11 Å². The minimum atomic E-state index is -0.482. The van der Waals surface area contributed by atoms with E-state index < -0.39 is 6.10 Å². The SMILES string of the molecule is OC(CNc1ccc(N2CCCC2)cc1)c1ccccc1. The second-order valence-electron chi connectivity index (χ2n) is 5.55. The van der Waals surface area contributed by atoms with E-state index in [4.69, 9.17) is 0 Å². The monoisotopic (exact) mass is 282 g/mol. The van der Waals surface area contributed by atoms with Crippen molar-refractivity contribution in [1.82, 2.24) is 0 Å². The highest BCUT2D eigenvalue weighted by Gasteiger charge is 2.12. The summed E-state index contributed by atoms with van der Waals surface area (Å²) in [6.07, 6.45) is 2.11. The molecule has 1 fully saturated rings. The van der Waals surface area contributed by atoms with E-state index in [1.807, 2.05) is 30.3 Å². The van der Waals surface area contributed by atoms with E-state index >= 15 is 0 Å². The first-order valence-electron chi connectivity index (χ1n) is 7.65. The molecule has 2 aromatic carbocycles. The highest BCUT2D eigenvalue weighted by atomic mass is 16.3. The first kappa shape index (κ1) is 14.0. The van der Waals surface area contributed by atoms with Crippen LogP contribution in [0, 0.1) is 0 Å². The van der Waals surface area contributed by atoms with Gasteiger partial charge < -0.3 is 15.3 Å². The number of rotatable bonds is 5. The number of hydrogen-bond donors (Lipinski definition) is 2. The number of hydrogen-bond acceptors (Lipinski definition) is 3. The maximum atomic E-state index is 10.1. The summed E-state index contributed by atoms with van der Waals surface area (Å²) in [6.45, 7) is 2.85. The predicted octanol–water partition coefficient (Wildman–Crippen LogP) is 3.43. The van der Waals surface area contributed by atoms with Gasteiger partial charge in [0.05, 0.1) is 6.10 Å². The Labute approximate surface area is 126 Å². The Bertz CT molecular complexity index is 547. The molecule has 0 spiro atoms. The Kier molecular flexibility index (Phi) is 4.41. The Hall–Kier alpha value is -2.00. The smallest absolute Gasteiger partial charge is 0.0962 e. The summed E-state index contributed by atoms with van der Waals surface area (Å²) < 4.78 is 0. The lowest BCUT2D eigenvalue weighted by molar-refractivity contribution is 0.191. The van der Waals surface area contributed by atoms with Crippen LogP contribution in [-0.4, -0.2) is 24.7 Å². The largest absolute Gasteiger partial charge is 0.387 e. The van der Waals surface area contributed by atoms with E-state index in [2.05, 4.69) is 34.5 Å². The molecule has 1 heterocycles. The molecule has 1 unspecified atom stereocenters. The minimum absolute atomic E-state index is 0.482. The third-order valence-corrected chi connectivity index (χ3v) is 4.02. The van der Waals surface area contributed by atoms with E-state index in [1.54, 1.807) is 0 Å². The Morgan fingerprint density at radius 3 is 2.29 bits per heavy atom. The maximum absolute atomic E-state index is 10.1. The summed E-state index contributed by atoms with van der Waals surface area (Å²) in [5.74, 6) is 0. The van der Waals surface area contributed by atoms with Gasteiger partial charge in [-0.05, 0) is 42.7 Å². The van der Waals surface area contributed by atoms with Gasteiger partial charge in [-0.25, -0.2) is 0 Å². The van der Waals surface area contributed by atoms with Gasteiger partial charge in [0.2, 0.25) is 0 Å². The van der Waals surface area contributed by atoms with Gasteiger partial charge in [0, 0.05) is 31.0 Å². The average Bonchev–Trinajstić information content (AvgIpc) is 3.08. The van der Waals surface area contributed by atoms with Crippen molar-refractivity contribution in [3.8, 4) is 0 Å². The third-order valence-electron chi connectivity index (χ3n) is 4.02. The zero-order chi connectivity index (χ0) is 14.5. The number of aliphatic hydroxyl groups is 1. The summed E-state index contributed by atoms with van der Waals surface area (Å²) in [6, 6.07) is 18.2. The lowest BCUT2D eigenvalue weighted by Crippen LogP contribution is -2.17. The summed E-state index contributed by atoms with van der Waals surface area (Å²) in [7, 11) is 0. The molecule has 1 aliphatic rings. The highest BCUT2D eigenvalue weighted by Crippen LogP contribution is 2.22. The molecule has 0 bridgehead atoms. The van der Waals surface area contributed by atoms with Crippen molar-refractivity contribution in [3.05, 3.63) is 60.2 Å². The van der Waals surface area contributed by atoms with Crippen LogP contribution in [-0.2, 0) is 0 Å². The zero-order valence-corrected chi connectivity index (χ0v) is 12.2. The van der Waals surface area contributed by atoms with Crippen molar-refractivity contribution in [2.75, 3.05) is 29.9 Å². The van der Waals surface area contributed by atoms with E-state index in [1.165, 1.54) is 31.6 Å². The molecule has 0 saturated carbocycles. The fourth-order valence-corrected chi connectivity index (χ4v) is 2.77. The molecule has 2 N–H and O–H groups in total. The number of benzene rings is 2. The van der Waals surface area contributed by atoms with Gasteiger partial charge in [0.1, 0.15) is 0 Å². The molecule has 3 nitrogen and oxygen atoms in total. The Morgan fingerprint density at radius 1 is 0.952 bits per heavy atom. The molecular formula is C18H22N2O. The summed E-state index contributed by atoms with van der Waals surface area (Å²) in [4.78, 5) is 2.42. The molecule has 21 heavy (non-hydrogen) atoms. The summed E-state index contributed by atoms with van der Waals surface area (Å²) in [5.41, 5.74) is 3.29. The van der Waals surface area contributed by atoms with Crippen LogP contribution in [0.1, 0.15) is 24.5 Å². The molecule has 0 aromatic heterocycles. The van der Waals surface area contributed by atoms with Gasteiger partial charge in [-0.1, -0.05) is 30.3 Å². The quantitative estimate of drug-likeness (QED) is 0.882. The molecule has 0 radical (unpaired) electrons. The van der Waals surface area contributed by atoms with Crippen molar-refractivity contribution in [1.29, 1.82) is 0 Å². The first-order chi connectivity index (χ1) is 10.3. The molecule has 1 saturated heterocycles. The molecule has 1 aliphatic heterocycles. The molecule has 3 heteroatoms. The number of anilines is 2. The molecular weight excluding hydrogens is 260 g/mol. The van der Waals surface area contributed by atoms with Crippen LogP contribution >= 0.6 is 0 Å². The van der Waals surface area contributed by atoms with Crippen molar-refractivity contribution in [3.63, 3.8) is 0 Å². The van der Waals surface area contributed by atoms with Gasteiger partial charge in [0.25, 0.3) is 0 Å². The minimum Gasteiger partial charge on any atom is -0.387 e. The van der Waals surface area contributed by atoms with Crippen molar-refractivity contribution in [2.24, 2.45) is 0 Å². The van der Waals surface area contributed by atoms with Gasteiger partial charge >= 0.3 is 0 Å². The van der Waals surface area contributed by atoms with Crippen LogP contribution < -0.4 is 10.2 Å². The normalized spacial score (nSPS) is 16.0. The van der Waals surface area contributed by atoms with E-state index in [0.29, 0.717) is 6.54 Å². The summed E-state index contributed by atoms with van der Waals surface area (Å²) >= 11 is 0. The topological polar surface area (TPSA) is 35.5 Å². The lowest BCUT2D eigenvalue weighted by Gasteiger charge is -2.18. The number of nitrogens with zero attached hydrogens (tertiary/aromatic N) is 1. The fraction of sp³-hybridized carbons (Fsp3) is 0.333. The fourth-order valence-electron chi connectivity index (χ4n) is 2.77. The lowest BCUT2D eigenvalue weighted by atomic mass is 10.1. The van der Waals surface area contributed by atoms with Crippen LogP contribution in [0.2, 0.25) is 0 Å². The maximum Gasteiger partial charge on any atom is 0.0962 e. The summed E-state index contributed by atoms with van der Waals surface area (Å²) in [5, 5.41) is 13.4. The predicted molar refractivity (Wildman–Crippen MR) is 87.8 cm³/mol. The third kappa shape index (κ3) is 3.56. The van der Waals surface area contributed by atoms with Gasteiger partial charge in [-0.3, -0.25) is 0 Å². The van der Waals surface area contributed by atoms with Crippen molar-refractivity contribution < 1.29 is 5.11 Å².